The zero-order valence-corrected chi connectivity index (χ0v) is 12.7. The Hall–Kier alpha value is -1.32. The summed E-state index contributed by atoms with van der Waals surface area (Å²) < 4.78 is 0. The maximum Gasteiger partial charge on any atom is 0.137 e. The molecule has 0 saturated carbocycles. The van der Waals surface area contributed by atoms with E-state index in [1.165, 1.54) is 18.4 Å². The minimum Gasteiger partial charge on any atom is -0.370 e. The van der Waals surface area contributed by atoms with Crippen molar-refractivity contribution in [2.24, 2.45) is 5.92 Å². The van der Waals surface area contributed by atoms with E-state index in [0.717, 1.165) is 49.4 Å². The number of rotatable bonds is 5. The van der Waals surface area contributed by atoms with Crippen LogP contribution in [0, 0.1) is 12.8 Å². The molecule has 0 aliphatic carbocycles. The molecule has 1 aliphatic rings. The van der Waals surface area contributed by atoms with Crippen LogP contribution < -0.4 is 10.2 Å². The number of anilines is 2. The Morgan fingerprint density at radius 2 is 2.05 bits per heavy atom. The predicted octanol–water partition coefficient (Wildman–Crippen LogP) is 3.02. The number of nitrogens with one attached hydrogen (secondary N) is 1. The first-order valence-corrected chi connectivity index (χ1v) is 7.55. The first kappa shape index (κ1) is 14.1. The molecular formula is C15H26N4. The first-order valence-electron chi connectivity index (χ1n) is 7.55. The van der Waals surface area contributed by atoms with E-state index in [0.29, 0.717) is 0 Å². The van der Waals surface area contributed by atoms with Gasteiger partial charge in [-0.05, 0) is 26.2 Å². The maximum absolute atomic E-state index is 4.76. The van der Waals surface area contributed by atoms with E-state index in [1.807, 2.05) is 0 Å². The molecule has 1 fully saturated rings. The van der Waals surface area contributed by atoms with E-state index in [2.05, 4.69) is 42.9 Å². The summed E-state index contributed by atoms with van der Waals surface area (Å²) >= 11 is 0. The van der Waals surface area contributed by atoms with Crippen molar-refractivity contribution in [3.63, 3.8) is 0 Å². The monoisotopic (exact) mass is 262 g/mol. The SMILES string of the molecule is CCNc1nc(CC)nc(N2CCC(CC)C2)c1C. The molecule has 1 aromatic heterocycles. The molecule has 19 heavy (non-hydrogen) atoms. The molecule has 1 N–H and O–H groups in total. The van der Waals surface area contributed by atoms with Gasteiger partial charge in [0.2, 0.25) is 0 Å². The van der Waals surface area contributed by atoms with Gasteiger partial charge >= 0.3 is 0 Å². The van der Waals surface area contributed by atoms with Gasteiger partial charge in [-0.2, -0.15) is 0 Å². The van der Waals surface area contributed by atoms with E-state index < -0.39 is 0 Å². The molecule has 1 saturated heterocycles. The quantitative estimate of drug-likeness (QED) is 0.885. The van der Waals surface area contributed by atoms with Gasteiger partial charge in [0.05, 0.1) is 0 Å². The molecule has 0 spiro atoms. The molecule has 106 valence electrons. The topological polar surface area (TPSA) is 41.1 Å². The van der Waals surface area contributed by atoms with Crippen molar-refractivity contribution in [2.75, 3.05) is 29.9 Å². The van der Waals surface area contributed by atoms with E-state index in [-0.39, 0.29) is 0 Å². The van der Waals surface area contributed by atoms with E-state index in [1.54, 1.807) is 0 Å². The van der Waals surface area contributed by atoms with Gasteiger partial charge in [0.25, 0.3) is 0 Å². The van der Waals surface area contributed by atoms with Gasteiger partial charge in [0, 0.05) is 31.6 Å². The fourth-order valence-corrected chi connectivity index (χ4v) is 2.71. The minimum absolute atomic E-state index is 0.821. The molecule has 0 aromatic carbocycles. The average Bonchev–Trinajstić information content (AvgIpc) is 2.90. The molecule has 4 heteroatoms. The van der Waals surface area contributed by atoms with Crippen LogP contribution >= 0.6 is 0 Å². The van der Waals surface area contributed by atoms with Crippen molar-refractivity contribution in [1.29, 1.82) is 0 Å². The molecule has 1 aliphatic heterocycles. The zero-order valence-electron chi connectivity index (χ0n) is 12.7. The molecule has 1 aromatic rings. The average molecular weight is 262 g/mol. The fraction of sp³-hybridized carbons (Fsp3) is 0.733. The van der Waals surface area contributed by atoms with Crippen molar-refractivity contribution in [3.05, 3.63) is 11.4 Å². The summed E-state index contributed by atoms with van der Waals surface area (Å²) in [4.78, 5) is 11.8. The Morgan fingerprint density at radius 3 is 2.63 bits per heavy atom. The van der Waals surface area contributed by atoms with Crippen LogP contribution in [0.2, 0.25) is 0 Å². The lowest BCUT2D eigenvalue weighted by atomic mass is 10.1. The molecule has 0 amide bonds. The second-order valence-corrected chi connectivity index (χ2v) is 5.33. The minimum atomic E-state index is 0.821. The molecule has 1 atom stereocenters. The van der Waals surface area contributed by atoms with Gasteiger partial charge < -0.3 is 10.2 Å². The largest absolute Gasteiger partial charge is 0.370 e. The Kier molecular flexibility index (Phi) is 4.61. The van der Waals surface area contributed by atoms with Gasteiger partial charge in [-0.1, -0.05) is 20.3 Å². The lowest BCUT2D eigenvalue weighted by Gasteiger charge is -2.22. The van der Waals surface area contributed by atoms with Crippen LogP contribution in [0.4, 0.5) is 11.6 Å². The van der Waals surface area contributed by atoms with E-state index in [9.17, 15) is 0 Å². The third-order valence-electron chi connectivity index (χ3n) is 3.99. The van der Waals surface area contributed by atoms with Gasteiger partial charge in [-0.3, -0.25) is 0 Å². The van der Waals surface area contributed by atoms with Gasteiger partial charge in [0.15, 0.2) is 0 Å². The Morgan fingerprint density at radius 1 is 1.26 bits per heavy atom. The summed E-state index contributed by atoms with van der Waals surface area (Å²) in [6.45, 7) is 11.8. The second kappa shape index (κ2) is 6.22. The Balaban J connectivity index is 2.30. The highest BCUT2D eigenvalue weighted by molar-refractivity contribution is 5.59. The molecular weight excluding hydrogens is 236 g/mol. The normalized spacial score (nSPS) is 18.9. The number of hydrogen-bond donors (Lipinski definition) is 1. The molecule has 2 rings (SSSR count). The Bertz CT molecular complexity index is 430. The van der Waals surface area contributed by atoms with Crippen molar-refractivity contribution < 1.29 is 0 Å². The van der Waals surface area contributed by atoms with Gasteiger partial charge in [-0.25, -0.2) is 9.97 Å². The second-order valence-electron chi connectivity index (χ2n) is 5.33. The van der Waals surface area contributed by atoms with Crippen molar-refractivity contribution in [3.8, 4) is 0 Å². The molecule has 4 nitrogen and oxygen atoms in total. The van der Waals surface area contributed by atoms with Crippen LogP contribution in [0.5, 0.6) is 0 Å². The summed E-state index contributed by atoms with van der Waals surface area (Å²) in [7, 11) is 0. The molecule has 0 radical (unpaired) electrons. The summed E-state index contributed by atoms with van der Waals surface area (Å²) in [5.41, 5.74) is 1.19. The molecule has 1 unspecified atom stereocenters. The van der Waals surface area contributed by atoms with Crippen LogP contribution in [0.15, 0.2) is 0 Å². The van der Waals surface area contributed by atoms with Gasteiger partial charge in [-0.15, -0.1) is 0 Å². The van der Waals surface area contributed by atoms with Crippen LogP contribution in [0.25, 0.3) is 0 Å². The third-order valence-corrected chi connectivity index (χ3v) is 3.99. The van der Waals surface area contributed by atoms with Crippen LogP contribution in [-0.2, 0) is 6.42 Å². The van der Waals surface area contributed by atoms with Crippen molar-refractivity contribution in [1.82, 2.24) is 9.97 Å². The first-order chi connectivity index (χ1) is 9.19. The highest BCUT2D eigenvalue weighted by Crippen LogP contribution is 2.29. The number of aromatic nitrogens is 2. The Labute approximate surface area is 116 Å². The molecule has 0 bridgehead atoms. The fourth-order valence-electron chi connectivity index (χ4n) is 2.71. The number of hydrogen-bond acceptors (Lipinski definition) is 4. The van der Waals surface area contributed by atoms with E-state index in [4.69, 9.17) is 4.98 Å². The van der Waals surface area contributed by atoms with Crippen LogP contribution in [-0.4, -0.2) is 29.6 Å². The zero-order chi connectivity index (χ0) is 13.8. The summed E-state index contributed by atoms with van der Waals surface area (Å²) in [5, 5.41) is 3.36. The van der Waals surface area contributed by atoms with Crippen molar-refractivity contribution >= 4 is 11.6 Å². The van der Waals surface area contributed by atoms with Gasteiger partial charge in [0.1, 0.15) is 17.5 Å². The lowest BCUT2D eigenvalue weighted by molar-refractivity contribution is 0.568. The predicted molar refractivity (Wildman–Crippen MR) is 80.9 cm³/mol. The smallest absolute Gasteiger partial charge is 0.137 e. The number of aryl methyl sites for hydroxylation is 1. The van der Waals surface area contributed by atoms with Crippen molar-refractivity contribution in [2.45, 2.75) is 47.0 Å². The maximum atomic E-state index is 4.76. The van der Waals surface area contributed by atoms with E-state index >= 15 is 0 Å². The lowest BCUT2D eigenvalue weighted by Crippen LogP contribution is -2.23. The highest BCUT2D eigenvalue weighted by atomic mass is 15.2. The van der Waals surface area contributed by atoms with Crippen LogP contribution in [0.1, 0.15) is 45.0 Å². The number of nitrogens with zero attached hydrogens (tertiary/aromatic N) is 3. The summed E-state index contributed by atoms with van der Waals surface area (Å²) in [6.07, 6.45) is 3.44. The third kappa shape index (κ3) is 2.99. The molecule has 2 heterocycles. The summed E-state index contributed by atoms with van der Waals surface area (Å²) in [5.74, 6) is 3.90. The summed E-state index contributed by atoms with van der Waals surface area (Å²) in [6, 6.07) is 0. The standard InChI is InChI=1S/C15H26N4/c1-5-12-8-9-19(10-12)15-11(4)14(16-7-3)17-13(6-2)18-15/h12H,5-10H2,1-4H3,(H,16,17,18). The van der Waals surface area contributed by atoms with Crippen LogP contribution in [0.3, 0.4) is 0 Å². The highest BCUT2D eigenvalue weighted by Gasteiger charge is 2.24.